The number of carbonyl (C=O) groups excluding carboxylic acids is 3. The second kappa shape index (κ2) is 5.10. The number of hydrogen-bond donors (Lipinski definition) is 0. The fourth-order valence-corrected chi connectivity index (χ4v) is 3.21. The van der Waals surface area contributed by atoms with Gasteiger partial charge in [0.25, 0.3) is 0 Å². The molecule has 90 valence electrons. The molecule has 0 bridgehead atoms. The second-order valence-electron chi connectivity index (χ2n) is 3.75. The molecule has 1 aliphatic heterocycles. The average Bonchev–Trinajstić information content (AvgIpc) is 2.70. The zero-order valence-electron chi connectivity index (χ0n) is 8.94. The lowest BCUT2D eigenvalue weighted by Gasteiger charge is -2.23. The Kier molecular flexibility index (Phi) is 3.73. The van der Waals surface area contributed by atoms with Gasteiger partial charge in [-0.05, 0) is 33.8 Å². The van der Waals surface area contributed by atoms with Crippen LogP contribution in [0.1, 0.15) is 28.9 Å². The maximum atomic E-state index is 11.9. The molecule has 0 unspecified atom stereocenters. The van der Waals surface area contributed by atoms with E-state index in [0.717, 1.165) is 4.90 Å². The lowest BCUT2D eigenvalue weighted by atomic mass is 10.1. The Labute approximate surface area is 111 Å². The number of imide groups is 1. The fourth-order valence-electron chi connectivity index (χ4n) is 1.68. The number of hydrogen-bond acceptors (Lipinski definition) is 4. The van der Waals surface area contributed by atoms with E-state index >= 15 is 0 Å². The lowest BCUT2D eigenvalue weighted by Crippen LogP contribution is -2.43. The molecule has 1 aromatic heterocycles. The summed E-state index contributed by atoms with van der Waals surface area (Å²) < 4.78 is 0.712. The Hall–Kier alpha value is -1.01. The quantitative estimate of drug-likeness (QED) is 0.635. The van der Waals surface area contributed by atoms with E-state index in [1.54, 1.807) is 11.4 Å². The summed E-state index contributed by atoms with van der Waals surface area (Å²) in [6.07, 6.45) is 1.29. The topological polar surface area (TPSA) is 54.5 Å². The molecule has 4 nitrogen and oxygen atoms in total. The lowest BCUT2D eigenvalue weighted by molar-refractivity contribution is -0.147. The molecule has 1 saturated heterocycles. The zero-order valence-corrected chi connectivity index (χ0v) is 11.3. The molecule has 1 aliphatic rings. The summed E-state index contributed by atoms with van der Waals surface area (Å²) in [4.78, 5) is 36.6. The highest BCUT2D eigenvalue weighted by molar-refractivity contribution is 9.10. The normalized spacial score (nSPS) is 16.4. The summed E-state index contributed by atoms with van der Waals surface area (Å²) in [6.45, 7) is -0.142. The van der Waals surface area contributed by atoms with E-state index in [9.17, 15) is 14.4 Å². The predicted molar refractivity (Wildman–Crippen MR) is 66.9 cm³/mol. The van der Waals surface area contributed by atoms with E-state index in [4.69, 9.17) is 0 Å². The number of thiophene rings is 1. The standard InChI is InChI=1S/C11H10BrNO3S/c12-7-4-5-17-11(7)8(14)6-13-9(15)2-1-3-10(13)16/h4-5H,1-3,6H2. The third-order valence-corrected chi connectivity index (χ3v) is 4.43. The molecular formula is C11H10BrNO3S. The van der Waals surface area contributed by atoms with Crippen molar-refractivity contribution in [2.45, 2.75) is 19.3 Å². The van der Waals surface area contributed by atoms with E-state index in [-0.39, 0.29) is 24.1 Å². The van der Waals surface area contributed by atoms with Crippen molar-refractivity contribution in [3.05, 3.63) is 20.8 Å². The molecule has 2 rings (SSSR count). The molecule has 0 saturated carbocycles. The highest BCUT2D eigenvalue weighted by Crippen LogP contribution is 2.24. The third-order valence-electron chi connectivity index (χ3n) is 2.56. The SMILES string of the molecule is O=C(CN1C(=O)CCCC1=O)c1sccc1Br. The molecule has 1 aromatic rings. The van der Waals surface area contributed by atoms with Gasteiger partial charge < -0.3 is 0 Å². The van der Waals surface area contributed by atoms with Crippen molar-refractivity contribution < 1.29 is 14.4 Å². The van der Waals surface area contributed by atoms with Gasteiger partial charge >= 0.3 is 0 Å². The van der Waals surface area contributed by atoms with Crippen LogP contribution in [0.2, 0.25) is 0 Å². The molecule has 0 aliphatic carbocycles. The molecule has 2 amide bonds. The van der Waals surface area contributed by atoms with Crippen LogP contribution in [-0.4, -0.2) is 29.0 Å². The molecule has 0 aromatic carbocycles. The van der Waals surface area contributed by atoms with Crippen LogP contribution in [0.4, 0.5) is 0 Å². The van der Waals surface area contributed by atoms with E-state index in [2.05, 4.69) is 15.9 Å². The Bertz CT molecular complexity index is 467. The number of ketones is 1. The van der Waals surface area contributed by atoms with Crippen molar-refractivity contribution in [2.24, 2.45) is 0 Å². The fraction of sp³-hybridized carbons (Fsp3) is 0.364. The monoisotopic (exact) mass is 315 g/mol. The van der Waals surface area contributed by atoms with Gasteiger partial charge in [0.15, 0.2) is 5.78 Å². The number of Topliss-reactive ketones (excluding diaryl/α,β-unsaturated/α-hetero) is 1. The third kappa shape index (κ3) is 2.63. The van der Waals surface area contributed by atoms with Crippen LogP contribution in [-0.2, 0) is 9.59 Å². The minimum atomic E-state index is -0.248. The number of likely N-dealkylation sites (tertiary alicyclic amines) is 1. The minimum Gasteiger partial charge on any atom is -0.291 e. The molecule has 2 heterocycles. The maximum absolute atomic E-state index is 11.9. The van der Waals surface area contributed by atoms with Crippen LogP contribution in [0.5, 0.6) is 0 Å². The molecule has 1 fully saturated rings. The number of rotatable bonds is 3. The Morgan fingerprint density at radius 3 is 2.53 bits per heavy atom. The van der Waals surface area contributed by atoms with Gasteiger partial charge in [-0.3, -0.25) is 19.3 Å². The van der Waals surface area contributed by atoms with Crippen molar-refractivity contribution in [2.75, 3.05) is 6.54 Å². The van der Waals surface area contributed by atoms with Gasteiger partial charge in [-0.1, -0.05) is 0 Å². The first-order valence-electron chi connectivity index (χ1n) is 5.19. The Morgan fingerprint density at radius 1 is 1.35 bits per heavy atom. The molecule has 6 heteroatoms. The minimum absolute atomic E-state index is 0.142. The molecule has 17 heavy (non-hydrogen) atoms. The number of amides is 2. The number of piperidine rings is 1. The Balaban J connectivity index is 2.10. The van der Waals surface area contributed by atoms with Crippen molar-refractivity contribution in [1.82, 2.24) is 4.90 Å². The van der Waals surface area contributed by atoms with Gasteiger partial charge in [0.05, 0.1) is 11.4 Å². The van der Waals surface area contributed by atoms with Gasteiger partial charge in [0.1, 0.15) is 0 Å². The second-order valence-corrected chi connectivity index (χ2v) is 5.52. The number of carbonyl (C=O) groups is 3. The van der Waals surface area contributed by atoms with Crippen LogP contribution in [0.3, 0.4) is 0 Å². The van der Waals surface area contributed by atoms with Crippen molar-refractivity contribution in [3.63, 3.8) is 0 Å². The van der Waals surface area contributed by atoms with Gasteiger partial charge in [0, 0.05) is 17.3 Å². The highest BCUT2D eigenvalue weighted by Gasteiger charge is 2.28. The van der Waals surface area contributed by atoms with Crippen LogP contribution >= 0.6 is 27.3 Å². The first kappa shape index (κ1) is 12.4. The van der Waals surface area contributed by atoms with Gasteiger partial charge in [-0.2, -0.15) is 0 Å². The molecular weight excluding hydrogens is 306 g/mol. The van der Waals surface area contributed by atoms with E-state index in [1.165, 1.54) is 11.3 Å². The Morgan fingerprint density at radius 2 is 2.00 bits per heavy atom. The number of nitrogens with zero attached hydrogens (tertiary/aromatic N) is 1. The maximum Gasteiger partial charge on any atom is 0.229 e. The first-order chi connectivity index (χ1) is 8.09. The largest absolute Gasteiger partial charge is 0.291 e. The summed E-state index contributed by atoms with van der Waals surface area (Å²) in [5.41, 5.74) is 0. The summed E-state index contributed by atoms with van der Waals surface area (Å²) in [5, 5.41) is 1.79. The van der Waals surface area contributed by atoms with Crippen LogP contribution in [0.15, 0.2) is 15.9 Å². The van der Waals surface area contributed by atoms with Crippen molar-refractivity contribution in [1.29, 1.82) is 0 Å². The summed E-state index contributed by atoms with van der Waals surface area (Å²) in [7, 11) is 0. The summed E-state index contributed by atoms with van der Waals surface area (Å²) in [5.74, 6) is -0.694. The highest BCUT2D eigenvalue weighted by atomic mass is 79.9. The summed E-state index contributed by atoms with van der Waals surface area (Å²) in [6, 6.07) is 1.78. The average molecular weight is 316 g/mol. The van der Waals surface area contributed by atoms with Gasteiger partial charge in [0.2, 0.25) is 11.8 Å². The van der Waals surface area contributed by atoms with E-state index in [1.807, 2.05) is 0 Å². The molecule has 0 atom stereocenters. The van der Waals surface area contributed by atoms with Gasteiger partial charge in [-0.15, -0.1) is 11.3 Å². The zero-order chi connectivity index (χ0) is 12.4. The van der Waals surface area contributed by atoms with Crippen molar-refractivity contribution >= 4 is 44.9 Å². The summed E-state index contributed by atoms with van der Waals surface area (Å²) >= 11 is 4.57. The molecule has 0 radical (unpaired) electrons. The smallest absolute Gasteiger partial charge is 0.229 e. The first-order valence-corrected chi connectivity index (χ1v) is 6.86. The molecule has 0 spiro atoms. The van der Waals surface area contributed by atoms with Gasteiger partial charge in [-0.25, -0.2) is 0 Å². The van der Waals surface area contributed by atoms with Crippen molar-refractivity contribution in [3.8, 4) is 0 Å². The molecule has 0 N–H and O–H groups in total. The number of halogens is 1. The van der Waals surface area contributed by atoms with E-state index in [0.29, 0.717) is 28.6 Å². The van der Waals surface area contributed by atoms with Crippen LogP contribution in [0.25, 0.3) is 0 Å². The van der Waals surface area contributed by atoms with Crippen LogP contribution < -0.4 is 0 Å². The van der Waals surface area contributed by atoms with Crippen LogP contribution in [0, 0.1) is 0 Å². The van der Waals surface area contributed by atoms with E-state index < -0.39 is 0 Å². The predicted octanol–water partition coefficient (Wildman–Crippen LogP) is 2.23.